The number of aromatic carboxylic acids is 1. The number of fused-ring (bicyclic) bond motifs is 3. The molecule has 27 heavy (non-hydrogen) atoms. The van der Waals surface area contributed by atoms with Crippen molar-refractivity contribution in [1.29, 1.82) is 0 Å². The van der Waals surface area contributed by atoms with Gasteiger partial charge in [0.15, 0.2) is 5.84 Å². The summed E-state index contributed by atoms with van der Waals surface area (Å²) in [7, 11) is 1.83. The predicted molar refractivity (Wildman–Crippen MR) is 111 cm³/mol. The van der Waals surface area contributed by atoms with Gasteiger partial charge in [0.1, 0.15) is 0 Å². The topological polar surface area (TPSA) is 57.8 Å². The van der Waals surface area contributed by atoms with Gasteiger partial charge in [0.2, 0.25) is 0 Å². The first-order valence-electron chi connectivity index (χ1n) is 9.83. The summed E-state index contributed by atoms with van der Waals surface area (Å²) in [6.45, 7) is 10.1. The Morgan fingerprint density at radius 3 is 2.74 bits per heavy atom. The van der Waals surface area contributed by atoms with Gasteiger partial charge >= 0.3 is 5.97 Å². The van der Waals surface area contributed by atoms with Crippen molar-refractivity contribution in [2.75, 3.05) is 13.6 Å². The quantitative estimate of drug-likeness (QED) is 0.793. The summed E-state index contributed by atoms with van der Waals surface area (Å²) in [5.74, 6) is 0.464. The molecule has 0 radical (unpaired) electrons. The number of aryl methyl sites for hydroxylation is 1. The zero-order valence-electron chi connectivity index (χ0n) is 16.5. The highest BCUT2D eigenvalue weighted by Gasteiger charge is 2.29. The van der Waals surface area contributed by atoms with Crippen LogP contribution in [0.1, 0.15) is 67.1 Å². The molecule has 1 N–H and O–H groups in total. The molecule has 0 amide bonds. The first-order valence-corrected chi connectivity index (χ1v) is 9.83. The number of carboxylic acids is 1. The molecule has 1 aliphatic rings. The third-order valence-corrected chi connectivity index (χ3v) is 5.59. The summed E-state index contributed by atoms with van der Waals surface area (Å²) >= 11 is 0. The second-order valence-electron chi connectivity index (χ2n) is 7.12. The van der Waals surface area contributed by atoms with E-state index in [9.17, 15) is 9.90 Å². The van der Waals surface area contributed by atoms with Crippen LogP contribution in [0.5, 0.6) is 0 Å². The van der Waals surface area contributed by atoms with Crippen molar-refractivity contribution in [1.82, 2.24) is 9.47 Å². The highest BCUT2D eigenvalue weighted by Crippen LogP contribution is 2.38. The molecule has 0 bridgehead atoms. The van der Waals surface area contributed by atoms with Crippen LogP contribution >= 0.6 is 0 Å². The Bertz CT molecular complexity index is 895. The van der Waals surface area contributed by atoms with Crippen LogP contribution < -0.4 is 0 Å². The number of carboxylic acid groups (broad SMARTS) is 1. The SMILES string of the molecule is C=CN1CCCn2c(c(C(CC)CCC)c3ccc(C(=O)O)cc32)C1=NC. The van der Waals surface area contributed by atoms with Gasteiger partial charge in [-0.1, -0.05) is 32.9 Å². The van der Waals surface area contributed by atoms with Gasteiger partial charge in [-0.2, -0.15) is 0 Å². The number of rotatable bonds is 6. The van der Waals surface area contributed by atoms with Gasteiger partial charge in [-0.3, -0.25) is 4.99 Å². The van der Waals surface area contributed by atoms with E-state index in [0.717, 1.165) is 61.2 Å². The Labute approximate surface area is 161 Å². The molecule has 1 aliphatic heterocycles. The number of hydrogen-bond acceptors (Lipinski definition) is 2. The van der Waals surface area contributed by atoms with E-state index in [1.165, 1.54) is 5.56 Å². The van der Waals surface area contributed by atoms with Crippen LogP contribution in [-0.4, -0.2) is 40.0 Å². The van der Waals surface area contributed by atoms with Crippen molar-refractivity contribution in [3.8, 4) is 0 Å². The Balaban J connectivity index is 2.38. The lowest BCUT2D eigenvalue weighted by atomic mass is 9.89. The van der Waals surface area contributed by atoms with Gasteiger partial charge in [0.05, 0.1) is 11.3 Å². The first-order chi connectivity index (χ1) is 13.1. The molecule has 0 saturated carbocycles. The number of benzene rings is 1. The Hall–Kier alpha value is -2.56. The summed E-state index contributed by atoms with van der Waals surface area (Å²) < 4.78 is 2.28. The minimum Gasteiger partial charge on any atom is -0.478 e. The molecule has 3 rings (SSSR count). The molecule has 1 atom stereocenters. The highest BCUT2D eigenvalue weighted by molar-refractivity contribution is 6.06. The van der Waals surface area contributed by atoms with Gasteiger partial charge in [0, 0.05) is 31.0 Å². The van der Waals surface area contributed by atoms with Crippen LogP contribution in [0.2, 0.25) is 0 Å². The van der Waals surface area contributed by atoms with Crippen molar-refractivity contribution in [2.45, 2.75) is 52.0 Å². The number of carbonyl (C=O) groups is 1. The summed E-state index contributed by atoms with van der Waals surface area (Å²) in [6, 6.07) is 5.53. The molecule has 0 fully saturated rings. The molecule has 1 unspecified atom stereocenters. The van der Waals surface area contributed by atoms with Crippen LogP contribution in [0.4, 0.5) is 0 Å². The maximum Gasteiger partial charge on any atom is 0.335 e. The largest absolute Gasteiger partial charge is 0.478 e. The van der Waals surface area contributed by atoms with Crippen molar-refractivity contribution in [3.63, 3.8) is 0 Å². The Kier molecular flexibility index (Phi) is 5.68. The number of nitrogens with zero attached hydrogens (tertiary/aromatic N) is 3. The fourth-order valence-corrected chi connectivity index (χ4v) is 4.35. The van der Waals surface area contributed by atoms with Crippen molar-refractivity contribution >= 4 is 22.7 Å². The maximum atomic E-state index is 11.5. The lowest BCUT2D eigenvalue weighted by Gasteiger charge is -2.22. The van der Waals surface area contributed by atoms with E-state index in [1.807, 2.05) is 25.4 Å². The summed E-state index contributed by atoms with van der Waals surface area (Å²) in [6.07, 6.45) is 6.08. The molecular weight excluding hydrogens is 338 g/mol. The molecule has 5 heteroatoms. The summed E-state index contributed by atoms with van der Waals surface area (Å²) in [5, 5.41) is 10.6. The van der Waals surface area contributed by atoms with Crippen LogP contribution in [0.25, 0.3) is 10.9 Å². The van der Waals surface area contributed by atoms with Gasteiger partial charge in [-0.15, -0.1) is 0 Å². The van der Waals surface area contributed by atoms with E-state index in [1.54, 1.807) is 6.07 Å². The van der Waals surface area contributed by atoms with E-state index in [0.29, 0.717) is 11.5 Å². The summed E-state index contributed by atoms with van der Waals surface area (Å²) in [5.41, 5.74) is 3.77. The monoisotopic (exact) mass is 367 g/mol. The average molecular weight is 367 g/mol. The van der Waals surface area contributed by atoms with E-state index in [2.05, 4.69) is 34.9 Å². The van der Waals surface area contributed by atoms with Crippen LogP contribution in [0, 0.1) is 0 Å². The third-order valence-electron chi connectivity index (χ3n) is 5.59. The van der Waals surface area contributed by atoms with Crippen LogP contribution in [-0.2, 0) is 6.54 Å². The van der Waals surface area contributed by atoms with Crippen LogP contribution in [0.15, 0.2) is 36.0 Å². The fourth-order valence-electron chi connectivity index (χ4n) is 4.35. The smallest absolute Gasteiger partial charge is 0.335 e. The Morgan fingerprint density at radius 2 is 2.15 bits per heavy atom. The van der Waals surface area contributed by atoms with Crippen molar-refractivity contribution in [3.05, 3.63) is 47.8 Å². The van der Waals surface area contributed by atoms with E-state index in [-0.39, 0.29) is 0 Å². The molecule has 0 spiro atoms. The third kappa shape index (κ3) is 3.27. The van der Waals surface area contributed by atoms with Gasteiger partial charge in [-0.25, -0.2) is 4.79 Å². The summed E-state index contributed by atoms with van der Waals surface area (Å²) in [4.78, 5) is 18.3. The maximum absolute atomic E-state index is 11.5. The first kappa shape index (κ1) is 19.2. The lowest BCUT2D eigenvalue weighted by molar-refractivity contribution is 0.0697. The minimum absolute atomic E-state index is 0.331. The second kappa shape index (κ2) is 7.99. The lowest BCUT2D eigenvalue weighted by Crippen LogP contribution is -2.27. The molecule has 2 heterocycles. The van der Waals surface area contributed by atoms with E-state index in [4.69, 9.17) is 0 Å². The standard InChI is InChI=1S/C22H29N3O2/c1-5-9-15(6-2)19-17-11-10-16(22(26)27)14-18(17)25-13-8-12-24(7-3)21(23-4)20(19)25/h7,10-11,14-15H,3,5-6,8-9,12-13H2,1-2,4H3,(H,26,27). The Morgan fingerprint density at radius 1 is 1.37 bits per heavy atom. The molecule has 1 aromatic carbocycles. The second-order valence-corrected chi connectivity index (χ2v) is 7.12. The average Bonchev–Trinajstić information content (AvgIpc) is 2.86. The number of amidine groups is 1. The molecular formula is C22H29N3O2. The number of aliphatic imine (C=N–C) groups is 1. The van der Waals surface area contributed by atoms with E-state index >= 15 is 0 Å². The molecule has 144 valence electrons. The molecule has 0 saturated heterocycles. The molecule has 1 aromatic heterocycles. The zero-order valence-corrected chi connectivity index (χ0v) is 16.5. The normalized spacial score (nSPS) is 17.0. The predicted octanol–water partition coefficient (Wildman–Crippen LogP) is 4.86. The van der Waals surface area contributed by atoms with Crippen LogP contribution in [0.3, 0.4) is 0 Å². The van der Waals surface area contributed by atoms with Gasteiger partial charge < -0.3 is 14.6 Å². The van der Waals surface area contributed by atoms with Gasteiger partial charge in [0.25, 0.3) is 0 Å². The minimum atomic E-state index is -0.889. The zero-order chi connectivity index (χ0) is 19.6. The van der Waals surface area contributed by atoms with Crippen molar-refractivity contribution in [2.24, 2.45) is 4.99 Å². The molecule has 0 aliphatic carbocycles. The number of hydrogen-bond donors (Lipinski definition) is 1. The van der Waals surface area contributed by atoms with Crippen molar-refractivity contribution < 1.29 is 9.90 Å². The fraction of sp³-hybridized carbons (Fsp3) is 0.455. The van der Waals surface area contributed by atoms with E-state index < -0.39 is 5.97 Å². The molecule has 2 aromatic rings. The molecule has 5 nitrogen and oxygen atoms in total. The van der Waals surface area contributed by atoms with Gasteiger partial charge in [-0.05, 0) is 49.1 Å². The number of aromatic nitrogens is 1. The highest BCUT2D eigenvalue weighted by atomic mass is 16.4.